The molecule has 0 spiro atoms. The van der Waals surface area contributed by atoms with E-state index >= 15 is 0 Å². The summed E-state index contributed by atoms with van der Waals surface area (Å²) in [5, 5.41) is 15.2. The summed E-state index contributed by atoms with van der Waals surface area (Å²) in [6.45, 7) is 9.92. The molecule has 1 amide bonds. The third kappa shape index (κ3) is 3.80. The van der Waals surface area contributed by atoms with Crippen LogP contribution in [0, 0.1) is 5.92 Å². The van der Waals surface area contributed by atoms with Crippen LogP contribution < -0.4 is 5.32 Å². The Morgan fingerprint density at radius 2 is 2.11 bits per heavy atom. The summed E-state index contributed by atoms with van der Waals surface area (Å²) in [6, 6.07) is 3.92. The molecule has 0 aliphatic rings. The van der Waals surface area contributed by atoms with Crippen molar-refractivity contribution in [2.45, 2.75) is 52.1 Å². The molecular formula is C15H25NO2S. The molecule has 0 saturated carbocycles. The topological polar surface area (TPSA) is 49.3 Å². The smallest absolute Gasteiger partial charge is 0.231 e. The van der Waals surface area contributed by atoms with Gasteiger partial charge in [-0.05, 0) is 38.1 Å². The Morgan fingerprint density at radius 1 is 1.47 bits per heavy atom. The van der Waals surface area contributed by atoms with E-state index in [1.165, 1.54) is 0 Å². The molecule has 0 radical (unpaired) electrons. The zero-order chi connectivity index (χ0) is 14.7. The zero-order valence-corrected chi connectivity index (χ0v) is 13.3. The maximum atomic E-state index is 12.3. The molecular weight excluding hydrogens is 258 g/mol. The quantitative estimate of drug-likeness (QED) is 0.843. The molecule has 108 valence electrons. The van der Waals surface area contributed by atoms with Gasteiger partial charge in [0.1, 0.15) is 0 Å². The second-order valence-electron chi connectivity index (χ2n) is 5.95. The Morgan fingerprint density at radius 3 is 2.58 bits per heavy atom. The first kappa shape index (κ1) is 16.2. The lowest BCUT2D eigenvalue weighted by molar-refractivity contribution is -0.127. The van der Waals surface area contributed by atoms with Crippen molar-refractivity contribution in [1.82, 2.24) is 5.32 Å². The fourth-order valence-corrected chi connectivity index (χ4v) is 2.69. The van der Waals surface area contributed by atoms with Crippen molar-refractivity contribution in [3.8, 4) is 0 Å². The molecule has 2 N–H and O–H groups in total. The van der Waals surface area contributed by atoms with Crippen LogP contribution in [-0.2, 0) is 10.2 Å². The highest BCUT2D eigenvalue weighted by Gasteiger charge is 2.33. The molecule has 19 heavy (non-hydrogen) atoms. The first-order valence-electron chi connectivity index (χ1n) is 6.76. The van der Waals surface area contributed by atoms with Gasteiger partial charge >= 0.3 is 0 Å². The van der Waals surface area contributed by atoms with Gasteiger partial charge in [-0.25, -0.2) is 0 Å². The summed E-state index contributed by atoms with van der Waals surface area (Å²) in [7, 11) is 0. The van der Waals surface area contributed by atoms with E-state index in [4.69, 9.17) is 0 Å². The van der Waals surface area contributed by atoms with Crippen LogP contribution in [0.4, 0.5) is 0 Å². The van der Waals surface area contributed by atoms with Gasteiger partial charge in [-0.3, -0.25) is 4.79 Å². The third-order valence-corrected chi connectivity index (χ3v) is 5.18. The van der Waals surface area contributed by atoms with Gasteiger partial charge in [0.15, 0.2) is 0 Å². The molecule has 1 rings (SSSR count). The molecule has 0 fully saturated rings. The largest absolute Gasteiger partial charge is 0.388 e. The summed E-state index contributed by atoms with van der Waals surface area (Å²) >= 11 is 1.58. The molecule has 0 bridgehead atoms. The van der Waals surface area contributed by atoms with Crippen molar-refractivity contribution in [2.24, 2.45) is 5.92 Å². The molecule has 4 heteroatoms. The fourth-order valence-electron chi connectivity index (χ4n) is 1.84. The number of thiophene rings is 1. The van der Waals surface area contributed by atoms with Crippen molar-refractivity contribution in [1.29, 1.82) is 0 Å². The molecule has 0 aromatic carbocycles. The van der Waals surface area contributed by atoms with Gasteiger partial charge in [0.05, 0.1) is 11.0 Å². The van der Waals surface area contributed by atoms with Gasteiger partial charge in [0.25, 0.3) is 0 Å². The van der Waals surface area contributed by atoms with Crippen LogP contribution in [0.1, 0.15) is 45.9 Å². The predicted molar refractivity (Wildman–Crippen MR) is 80.4 cm³/mol. The van der Waals surface area contributed by atoms with Crippen molar-refractivity contribution < 1.29 is 9.90 Å². The molecule has 0 aliphatic heterocycles. The lowest BCUT2D eigenvalue weighted by Gasteiger charge is -2.31. The van der Waals surface area contributed by atoms with Crippen molar-refractivity contribution in [3.05, 3.63) is 22.4 Å². The highest BCUT2D eigenvalue weighted by atomic mass is 32.1. The number of rotatable bonds is 6. The van der Waals surface area contributed by atoms with Gasteiger partial charge in [-0.2, -0.15) is 0 Å². The molecule has 0 saturated heterocycles. The van der Waals surface area contributed by atoms with Crippen LogP contribution in [0.2, 0.25) is 0 Å². The van der Waals surface area contributed by atoms with Gasteiger partial charge in [-0.1, -0.05) is 26.3 Å². The average Bonchev–Trinajstić information content (AvgIpc) is 2.89. The number of carbonyl (C=O) groups is 1. The van der Waals surface area contributed by atoms with E-state index in [2.05, 4.69) is 5.32 Å². The number of amides is 1. The number of hydrogen-bond acceptors (Lipinski definition) is 3. The minimum Gasteiger partial charge on any atom is -0.388 e. The zero-order valence-electron chi connectivity index (χ0n) is 12.5. The lowest BCUT2D eigenvalue weighted by Crippen LogP contribution is -2.49. The maximum absolute atomic E-state index is 12.3. The SMILES string of the molecule is CCC(C)C(C)(O)CNC(=O)C(C)(C)c1cccs1. The van der Waals surface area contributed by atoms with E-state index in [1.807, 2.05) is 45.2 Å². The summed E-state index contributed by atoms with van der Waals surface area (Å²) < 4.78 is 0. The fraction of sp³-hybridized carbons (Fsp3) is 0.667. The predicted octanol–water partition coefficient (Wildman–Crippen LogP) is 2.94. The molecule has 1 aromatic heterocycles. The van der Waals surface area contributed by atoms with E-state index in [1.54, 1.807) is 18.3 Å². The molecule has 0 aliphatic carbocycles. The summed E-state index contributed by atoms with van der Waals surface area (Å²) in [6.07, 6.45) is 0.886. The van der Waals surface area contributed by atoms with Crippen LogP contribution in [0.15, 0.2) is 17.5 Å². The Bertz CT molecular complexity index is 410. The monoisotopic (exact) mass is 283 g/mol. The van der Waals surface area contributed by atoms with Crippen LogP contribution in [0.25, 0.3) is 0 Å². The van der Waals surface area contributed by atoms with Gasteiger partial charge < -0.3 is 10.4 Å². The Balaban J connectivity index is 2.66. The number of hydrogen-bond donors (Lipinski definition) is 2. The van der Waals surface area contributed by atoms with Crippen LogP contribution >= 0.6 is 11.3 Å². The van der Waals surface area contributed by atoms with E-state index in [0.717, 1.165) is 11.3 Å². The highest BCUT2D eigenvalue weighted by molar-refractivity contribution is 7.10. The van der Waals surface area contributed by atoms with E-state index in [-0.39, 0.29) is 18.4 Å². The second kappa shape index (κ2) is 6.06. The molecule has 1 aromatic rings. The average molecular weight is 283 g/mol. The molecule has 2 atom stereocenters. The lowest BCUT2D eigenvalue weighted by atomic mass is 9.87. The molecule has 2 unspecified atom stereocenters. The van der Waals surface area contributed by atoms with Crippen molar-refractivity contribution in [2.75, 3.05) is 6.54 Å². The first-order chi connectivity index (χ1) is 8.71. The minimum atomic E-state index is -0.865. The molecule has 3 nitrogen and oxygen atoms in total. The minimum absolute atomic E-state index is 0.0430. The highest BCUT2D eigenvalue weighted by Crippen LogP contribution is 2.28. The molecule has 1 heterocycles. The number of aliphatic hydroxyl groups is 1. The summed E-state index contributed by atoms with van der Waals surface area (Å²) in [4.78, 5) is 13.3. The summed E-state index contributed by atoms with van der Waals surface area (Å²) in [5.41, 5.74) is -1.42. The van der Waals surface area contributed by atoms with Crippen LogP contribution in [0.3, 0.4) is 0 Å². The Labute approximate surface area is 120 Å². The Hall–Kier alpha value is -0.870. The van der Waals surface area contributed by atoms with E-state index in [0.29, 0.717) is 0 Å². The second-order valence-corrected chi connectivity index (χ2v) is 6.90. The first-order valence-corrected chi connectivity index (χ1v) is 7.64. The normalized spacial score (nSPS) is 16.7. The van der Waals surface area contributed by atoms with E-state index < -0.39 is 11.0 Å². The summed E-state index contributed by atoms with van der Waals surface area (Å²) in [5.74, 6) is 0.108. The van der Waals surface area contributed by atoms with Crippen molar-refractivity contribution in [3.63, 3.8) is 0 Å². The number of carbonyl (C=O) groups excluding carboxylic acids is 1. The standard InChI is InChI=1S/C15H25NO2S/c1-6-11(2)15(5,18)10-16-13(17)14(3,4)12-8-7-9-19-12/h7-9,11,18H,6,10H2,1-5H3,(H,16,17). The van der Waals surface area contributed by atoms with Gasteiger partial charge in [0.2, 0.25) is 5.91 Å². The van der Waals surface area contributed by atoms with Gasteiger partial charge in [0, 0.05) is 11.4 Å². The van der Waals surface area contributed by atoms with Crippen molar-refractivity contribution >= 4 is 17.2 Å². The van der Waals surface area contributed by atoms with Crippen LogP contribution in [0.5, 0.6) is 0 Å². The Kier molecular flexibility index (Phi) is 5.16. The number of nitrogens with one attached hydrogen (secondary N) is 1. The maximum Gasteiger partial charge on any atom is 0.231 e. The van der Waals surface area contributed by atoms with Crippen LogP contribution in [-0.4, -0.2) is 23.2 Å². The van der Waals surface area contributed by atoms with Gasteiger partial charge in [-0.15, -0.1) is 11.3 Å². The van der Waals surface area contributed by atoms with E-state index in [9.17, 15) is 9.90 Å². The third-order valence-electron chi connectivity index (χ3n) is 3.99.